The summed E-state index contributed by atoms with van der Waals surface area (Å²) in [6.45, 7) is 7.09. The molecule has 218 valence electrons. The zero-order valence-corrected chi connectivity index (χ0v) is 23.8. The molecule has 8 nitrogen and oxygen atoms in total. The second-order valence-electron chi connectivity index (χ2n) is 11.0. The summed E-state index contributed by atoms with van der Waals surface area (Å²) in [6.07, 6.45) is 0.529. The lowest BCUT2D eigenvalue weighted by atomic mass is 9.97. The number of aliphatic carboxylic acids is 1. The van der Waals surface area contributed by atoms with Crippen LogP contribution in [0.5, 0.6) is 0 Å². The van der Waals surface area contributed by atoms with Gasteiger partial charge in [-0.2, -0.15) is 13.2 Å². The smallest absolute Gasteiger partial charge is 0.416 e. The van der Waals surface area contributed by atoms with Gasteiger partial charge in [-0.25, -0.2) is 15.0 Å². The molecule has 0 spiro atoms. The van der Waals surface area contributed by atoms with Crippen LogP contribution in [-0.4, -0.2) is 62.9 Å². The summed E-state index contributed by atoms with van der Waals surface area (Å²) < 4.78 is 41.0. The number of aryl methyl sites for hydroxylation is 1. The Morgan fingerprint density at radius 2 is 1.85 bits per heavy atom. The van der Waals surface area contributed by atoms with Crippen LogP contribution in [0.3, 0.4) is 0 Å². The third kappa shape index (κ3) is 6.75. The number of carbonyl (C=O) groups is 2. The molecule has 2 fully saturated rings. The fourth-order valence-electron chi connectivity index (χ4n) is 5.47. The van der Waals surface area contributed by atoms with E-state index in [9.17, 15) is 27.9 Å². The van der Waals surface area contributed by atoms with Crippen molar-refractivity contribution >= 4 is 28.9 Å². The van der Waals surface area contributed by atoms with Crippen molar-refractivity contribution < 1.29 is 27.9 Å². The standard InChI is InChI=1S/C29H32F3N5O3S/c1-17-5-8-36(15-17)16-24-27(20-4-3-18(2)21(11-20)29(30,31)32)35-26(41-24)12-23(38)22-13-34-25(14-33-22)37-9-6-19(7-10-37)28(39)40/h3-4,11,13-14,17,19H,5-10,12,15-16H2,1-2H3,(H,39,40)/t17-/m0/s1. The van der Waals surface area contributed by atoms with Crippen LogP contribution in [0.4, 0.5) is 19.0 Å². The van der Waals surface area contributed by atoms with Gasteiger partial charge in [0.25, 0.3) is 0 Å². The van der Waals surface area contributed by atoms with E-state index in [1.807, 2.05) is 4.90 Å². The molecule has 2 aliphatic rings. The Morgan fingerprint density at radius 3 is 2.46 bits per heavy atom. The Kier molecular flexibility index (Phi) is 8.42. The number of carbonyl (C=O) groups excluding carboxylic acids is 1. The molecule has 0 radical (unpaired) electrons. The Hall–Kier alpha value is -3.38. The highest BCUT2D eigenvalue weighted by atomic mass is 32.1. The number of anilines is 1. The first-order valence-electron chi connectivity index (χ1n) is 13.7. The number of carboxylic acid groups (broad SMARTS) is 1. The Morgan fingerprint density at radius 1 is 1.10 bits per heavy atom. The Labute approximate surface area is 240 Å². The number of thiazole rings is 1. The molecule has 41 heavy (non-hydrogen) atoms. The average Bonchev–Trinajstić information content (AvgIpc) is 3.53. The first-order valence-corrected chi connectivity index (χ1v) is 14.5. The number of halogens is 3. The summed E-state index contributed by atoms with van der Waals surface area (Å²) in [4.78, 5) is 42.8. The van der Waals surface area contributed by atoms with E-state index in [0.29, 0.717) is 60.5 Å². The number of aromatic nitrogens is 3. The monoisotopic (exact) mass is 587 g/mol. The van der Waals surface area contributed by atoms with Crippen molar-refractivity contribution in [1.29, 1.82) is 0 Å². The highest BCUT2D eigenvalue weighted by Crippen LogP contribution is 2.37. The molecule has 0 unspecified atom stereocenters. The van der Waals surface area contributed by atoms with Crippen LogP contribution in [0.25, 0.3) is 11.3 Å². The van der Waals surface area contributed by atoms with E-state index in [-0.39, 0.29) is 29.4 Å². The number of piperidine rings is 1. The normalized spacial score (nSPS) is 18.7. The minimum Gasteiger partial charge on any atom is -0.481 e. The molecule has 5 rings (SSSR count). The Balaban J connectivity index is 1.35. The average molecular weight is 588 g/mol. The third-order valence-corrected chi connectivity index (χ3v) is 8.88. The number of hydrogen-bond acceptors (Lipinski definition) is 8. The number of benzene rings is 1. The largest absolute Gasteiger partial charge is 0.481 e. The molecule has 2 saturated heterocycles. The van der Waals surface area contributed by atoms with Gasteiger partial charge >= 0.3 is 12.1 Å². The number of rotatable bonds is 8. The number of Topliss-reactive ketones (excluding diaryl/α,β-unsaturated/α-hetero) is 1. The molecule has 0 bridgehead atoms. The van der Waals surface area contributed by atoms with E-state index >= 15 is 0 Å². The van der Waals surface area contributed by atoms with E-state index < -0.39 is 17.7 Å². The van der Waals surface area contributed by atoms with E-state index in [4.69, 9.17) is 0 Å². The van der Waals surface area contributed by atoms with Crippen LogP contribution in [0.15, 0.2) is 30.6 Å². The summed E-state index contributed by atoms with van der Waals surface area (Å²) in [5, 5.41) is 9.71. The minimum atomic E-state index is -4.48. The van der Waals surface area contributed by atoms with Crippen LogP contribution in [-0.2, 0) is 23.9 Å². The number of hydrogen-bond donors (Lipinski definition) is 1. The second-order valence-corrected chi connectivity index (χ2v) is 12.2. The molecule has 2 aliphatic heterocycles. The van der Waals surface area contributed by atoms with Gasteiger partial charge in [-0.05, 0) is 50.3 Å². The molecule has 0 aliphatic carbocycles. The van der Waals surface area contributed by atoms with Crippen molar-refractivity contribution in [3.8, 4) is 11.3 Å². The highest BCUT2D eigenvalue weighted by molar-refractivity contribution is 7.12. The lowest BCUT2D eigenvalue weighted by Gasteiger charge is -2.30. The number of carboxylic acids is 1. The van der Waals surface area contributed by atoms with Gasteiger partial charge in [0.05, 0.1) is 36.0 Å². The zero-order valence-electron chi connectivity index (χ0n) is 22.9. The molecule has 1 atom stereocenters. The summed E-state index contributed by atoms with van der Waals surface area (Å²) in [6, 6.07) is 4.27. The van der Waals surface area contributed by atoms with E-state index in [1.165, 1.54) is 36.7 Å². The minimum absolute atomic E-state index is 0.0376. The Bertz CT molecular complexity index is 1420. The van der Waals surface area contributed by atoms with Crippen LogP contribution >= 0.6 is 11.3 Å². The van der Waals surface area contributed by atoms with Gasteiger partial charge in [0.1, 0.15) is 16.5 Å². The van der Waals surface area contributed by atoms with Gasteiger partial charge in [0.2, 0.25) is 0 Å². The maximum atomic E-state index is 13.7. The van der Waals surface area contributed by atoms with Gasteiger partial charge in [0.15, 0.2) is 5.78 Å². The maximum absolute atomic E-state index is 13.7. The second kappa shape index (κ2) is 11.8. The molecule has 1 N–H and O–H groups in total. The highest BCUT2D eigenvalue weighted by Gasteiger charge is 2.33. The number of likely N-dealkylation sites (tertiary alicyclic amines) is 1. The molecule has 0 saturated carbocycles. The lowest BCUT2D eigenvalue weighted by Crippen LogP contribution is -2.36. The molecular weight excluding hydrogens is 555 g/mol. The van der Waals surface area contributed by atoms with Gasteiger partial charge < -0.3 is 10.0 Å². The summed E-state index contributed by atoms with van der Waals surface area (Å²) >= 11 is 1.35. The van der Waals surface area contributed by atoms with Gasteiger partial charge in [-0.3, -0.25) is 14.5 Å². The quantitative estimate of drug-likeness (QED) is 0.345. The van der Waals surface area contributed by atoms with E-state index in [0.717, 1.165) is 30.5 Å². The van der Waals surface area contributed by atoms with Crippen molar-refractivity contribution in [1.82, 2.24) is 19.9 Å². The summed E-state index contributed by atoms with van der Waals surface area (Å²) in [5.41, 5.74) is 0.500. The van der Waals surface area contributed by atoms with Crippen molar-refractivity contribution in [2.45, 2.75) is 52.3 Å². The van der Waals surface area contributed by atoms with Crippen molar-refractivity contribution in [2.24, 2.45) is 11.8 Å². The van der Waals surface area contributed by atoms with Crippen molar-refractivity contribution in [3.05, 3.63) is 57.3 Å². The maximum Gasteiger partial charge on any atom is 0.416 e. The number of nitrogens with zero attached hydrogens (tertiary/aromatic N) is 5. The molecule has 3 aromatic rings. The molecule has 0 amide bonds. The molecule has 12 heteroatoms. The summed E-state index contributed by atoms with van der Waals surface area (Å²) in [5.74, 6) is -0.293. The van der Waals surface area contributed by atoms with Crippen LogP contribution in [0, 0.1) is 18.8 Å². The van der Waals surface area contributed by atoms with E-state index in [1.54, 1.807) is 6.07 Å². The van der Waals surface area contributed by atoms with Crippen LogP contribution < -0.4 is 4.90 Å². The molecule has 1 aromatic carbocycles. The zero-order chi connectivity index (χ0) is 29.3. The van der Waals surface area contributed by atoms with Crippen molar-refractivity contribution in [3.63, 3.8) is 0 Å². The first-order chi connectivity index (χ1) is 19.5. The fourth-order valence-corrected chi connectivity index (χ4v) is 6.60. The van der Waals surface area contributed by atoms with Gasteiger partial charge in [-0.15, -0.1) is 11.3 Å². The van der Waals surface area contributed by atoms with Gasteiger partial charge in [0, 0.05) is 36.6 Å². The predicted molar refractivity (Wildman–Crippen MR) is 149 cm³/mol. The van der Waals surface area contributed by atoms with E-state index in [2.05, 4.69) is 26.8 Å². The molecule has 4 heterocycles. The molecule has 2 aromatic heterocycles. The SMILES string of the molecule is Cc1ccc(-c2nc(CC(=O)c3cnc(N4CCC(C(=O)O)CC4)cn3)sc2CN2CC[C@H](C)C2)cc1C(F)(F)F. The topological polar surface area (TPSA) is 99.5 Å². The van der Waals surface area contributed by atoms with Gasteiger partial charge in [-0.1, -0.05) is 19.1 Å². The number of alkyl halides is 3. The van der Waals surface area contributed by atoms with Crippen LogP contribution in [0.2, 0.25) is 0 Å². The van der Waals surface area contributed by atoms with Crippen LogP contribution in [0.1, 0.15) is 57.7 Å². The fraction of sp³-hybridized carbons (Fsp3) is 0.483. The lowest BCUT2D eigenvalue weighted by molar-refractivity contribution is -0.142. The summed E-state index contributed by atoms with van der Waals surface area (Å²) in [7, 11) is 0. The number of ketones is 1. The third-order valence-electron chi connectivity index (χ3n) is 7.84. The first kappa shape index (κ1) is 29.1. The predicted octanol–water partition coefficient (Wildman–Crippen LogP) is 5.50. The molecular formula is C29H32F3N5O3S. The van der Waals surface area contributed by atoms with Crippen molar-refractivity contribution in [2.75, 3.05) is 31.1 Å².